The highest BCUT2D eigenvalue weighted by Gasteiger charge is 2.29. The van der Waals surface area contributed by atoms with Crippen molar-refractivity contribution >= 4 is 63.0 Å². The van der Waals surface area contributed by atoms with Gasteiger partial charge in [0.2, 0.25) is 11.8 Å². The fraction of sp³-hybridized carbons (Fsp3) is 0.321. The van der Waals surface area contributed by atoms with Gasteiger partial charge in [0.25, 0.3) is 5.91 Å². The van der Waals surface area contributed by atoms with Crippen LogP contribution in [0.15, 0.2) is 53.9 Å². The summed E-state index contributed by atoms with van der Waals surface area (Å²) in [6.45, 7) is 3.66. The van der Waals surface area contributed by atoms with Gasteiger partial charge in [0.05, 0.1) is 10.8 Å². The van der Waals surface area contributed by atoms with Crippen LogP contribution in [-0.4, -0.2) is 62.2 Å². The fourth-order valence-electron chi connectivity index (χ4n) is 4.73. The van der Waals surface area contributed by atoms with Gasteiger partial charge in [-0.25, -0.2) is 4.98 Å². The highest BCUT2D eigenvalue weighted by molar-refractivity contribution is 8.23. The number of carbonyl (C=O) groups excluding carboxylic acids is 3. The maximum Gasteiger partial charge on any atom is 0.275 e. The molecule has 2 fully saturated rings. The van der Waals surface area contributed by atoms with Gasteiger partial charge in [0, 0.05) is 48.6 Å². The molecule has 38 heavy (non-hydrogen) atoms. The zero-order valence-electron chi connectivity index (χ0n) is 21.0. The van der Waals surface area contributed by atoms with Crippen molar-refractivity contribution in [1.29, 1.82) is 0 Å². The van der Waals surface area contributed by atoms with E-state index in [0.717, 1.165) is 40.2 Å². The van der Waals surface area contributed by atoms with Crippen molar-refractivity contribution < 1.29 is 14.4 Å². The third-order valence-electron chi connectivity index (χ3n) is 6.85. The van der Waals surface area contributed by atoms with E-state index < -0.39 is 0 Å². The number of piperidine rings is 1. The second-order valence-electron chi connectivity index (χ2n) is 9.45. The van der Waals surface area contributed by atoms with Gasteiger partial charge >= 0.3 is 0 Å². The predicted octanol–water partition coefficient (Wildman–Crippen LogP) is 5.33. The molecule has 0 saturated carbocycles. The molecule has 3 amide bonds. The van der Waals surface area contributed by atoms with Crippen LogP contribution < -0.4 is 5.32 Å². The van der Waals surface area contributed by atoms with E-state index in [1.165, 1.54) is 28.0 Å². The SMILES string of the molecule is Cc1ccc(NC(=O)c2csc(C3CCN(C(=O)CCN4C(=O)CSC4=S)CC3)n2)c(-c2ccccc2)c1. The Labute approximate surface area is 235 Å². The Morgan fingerprint density at radius 1 is 1.13 bits per heavy atom. The number of nitrogens with one attached hydrogen (secondary N) is 1. The minimum Gasteiger partial charge on any atom is -0.343 e. The second kappa shape index (κ2) is 11.8. The zero-order chi connectivity index (χ0) is 26.6. The quantitative estimate of drug-likeness (QED) is 0.391. The molecule has 5 rings (SSSR count). The molecule has 1 aromatic heterocycles. The van der Waals surface area contributed by atoms with Gasteiger partial charge in [-0.05, 0) is 37.5 Å². The highest BCUT2D eigenvalue weighted by Crippen LogP contribution is 2.32. The van der Waals surface area contributed by atoms with Crippen molar-refractivity contribution in [1.82, 2.24) is 14.8 Å². The first-order valence-corrected chi connectivity index (χ1v) is 14.8. The second-order valence-corrected chi connectivity index (χ2v) is 11.9. The van der Waals surface area contributed by atoms with Crippen molar-refractivity contribution in [3.8, 4) is 11.1 Å². The standard InChI is InChI=1S/C28H28N4O3S3/c1-18-7-8-22(21(15-18)19-5-3-2-4-6-19)29-26(35)23-16-37-27(30-23)20-9-12-31(13-10-20)24(33)11-14-32-25(34)17-38-28(32)36/h2-8,15-16,20H,9-14,17H2,1H3,(H,29,35). The number of aromatic nitrogens is 1. The lowest BCUT2D eigenvalue weighted by atomic mass is 9.97. The van der Waals surface area contributed by atoms with E-state index in [-0.39, 0.29) is 30.1 Å². The Morgan fingerprint density at radius 2 is 1.89 bits per heavy atom. The lowest BCUT2D eigenvalue weighted by molar-refractivity contribution is -0.132. The summed E-state index contributed by atoms with van der Waals surface area (Å²) in [5, 5.41) is 5.79. The molecule has 3 heterocycles. The minimum atomic E-state index is -0.228. The zero-order valence-corrected chi connectivity index (χ0v) is 23.5. The average Bonchev–Trinajstić information content (AvgIpc) is 3.56. The Hall–Kier alpha value is -3.08. The molecule has 3 aromatic rings. The Morgan fingerprint density at radius 3 is 2.61 bits per heavy atom. The molecule has 2 aliphatic rings. The van der Waals surface area contributed by atoms with Crippen molar-refractivity contribution in [3.63, 3.8) is 0 Å². The number of likely N-dealkylation sites (tertiary alicyclic amines) is 1. The molecule has 0 aliphatic carbocycles. The van der Waals surface area contributed by atoms with Gasteiger partial charge in [0.15, 0.2) is 0 Å². The highest BCUT2D eigenvalue weighted by atomic mass is 32.2. The largest absolute Gasteiger partial charge is 0.343 e. The number of thioether (sulfide) groups is 1. The topological polar surface area (TPSA) is 82.6 Å². The lowest BCUT2D eigenvalue weighted by Crippen LogP contribution is -2.40. The van der Waals surface area contributed by atoms with E-state index in [4.69, 9.17) is 12.2 Å². The maximum atomic E-state index is 13.1. The maximum absolute atomic E-state index is 13.1. The van der Waals surface area contributed by atoms with Crippen LogP contribution >= 0.6 is 35.3 Å². The number of amides is 3. The van der Waals surface area contributed by atoms with E-state index >= 15 is 0 Å². The summed E-state index contributed by atoms with van der Waals surface area (Å²) < 4.78 is 0.559. The summed E-state index contributed by atoms with van der Waals surface area (Å²) >= 11 is 8.05. The van der Waals surface area contributed by atoms with Gasteiger partial charge in [-0.15, -0.1) is 11.3 Å². The predicted molar refractivity (Wildman–Crippen MR) is 157 cm³/mol. The van der Waals surface area contributed by atoms with Gasteiger partial charge in [-0.2, -0.15) is 0 Å². The number of thiocarbonyl (C=S) groups is 1. The average molecular weight is 565 g/mol. The first-order chi connectivity index (χ1) is 18.4. The number of nitrogens with zero attached hydrogens (tertiary/aromatic N) is 3. The molecule has 2 aromatic carbocycles. The molecule has 0 radical (unpaired) electrons. The Balaban J connectivity index is 1.17. The molecule has 196 valence electrons. The summed E-state index contributed by atoms with van der Waals surface area (Å²) in [7, 11) is 0. The molecule has 0 unspecified atom stereocenters. The van der Waals surface area contributed by atoms with E-state index in [2.05, 4.69) is 16.4 Å². The van der Waals surface area contributed by atoms with Crippen molar-refractivity contribution in [2.45, 2.75) is 32.1 Å². The van der Waals surface area contributed by atoms with Crippen LogP contribution in [0.1, 0.15) is 46.2 Å². The third kappa shape index (κ3) is 5.98. The number of rotatable bonds is 7. The van der Waals surface area contributed by atoms with Gasteiger partial charge < -0.3 is 10.2 Å². The summed E-state index contributed by atoms with van der Waals surface area (Å²) in [4.78, 5) is 45.7. The Kier molecular flexibility index (Phi) is 8.21. The van der Waals surface area contributed by atoms with Crippen LogP contribution in [0.5, 0.6) is 0 Å². The fourth-order valence-corrected chi connectivity index (χ4v) is 6.82. The minimum absolute atomic E-state index is 0.0196. The number of hydrogen-bond donors (Lipinski definition) is 1. The number of benzene rings is 2. The molecule has 10 heteroatoms. The van der Waals surface area contributed by atoms with Gasteiger partial charge in [0.1, 0.15) is 10.0 Å². The number of hydrogen-bond acceptors (Lipinski definition) is 7. The Bertz CT molecular complexity index is 1350. The summed E-state index contributed by atoms with van der Waals surface area (Å²) in [6, 6.07) is 16.0. The lowest BCUT2D eigenvalue weighted by Gasteiger charge is -2.31. The van der Waals surface area contributed by atoms with Crippen molar-refractivity contribution in [3.05, 3.63) is 70.2 Å². The molecule has 1 N–H and O–H groups in total. The van der Waals surface area contributed by atoms with Crippen molar-refractivity contribution in [2.75, 3.05) is 30.7 Å². The van der Waals surface area contributed by atoms with E-state index in [9.17, 15) is 14.4 Å². The molecule has 7 nitrogen and oxygen atoms in total. The van der Waals surface area contributed by atoms with Crippen LogP contribution in [-0.2, 0) is 9.59 Å². The molecule has 0 atom stereocenters. The van der Waals surface area contributed by atoms with Crippen LogP contribution in [0, 0.1) is 6.92 Å². The van der Waals surface area contributed by atoms with Gasteiger partial charge in [-0.3, -0.25) is 19.3 Å². The van der Waals surface area contributed by atoms with Crippen LogP contribution in [0.25, 0.3) is 11.1 Å². The van der Waals surface area contributed by atoms with Crippen LogP contribution in [0.4, 0.5) is 5.69 Å². The molecule has 0 spiro atoms. The smallest absolute Gasteiger partial charge is 0.275 e. The molecular weight excluding hydrogens is 537 g/mol. The van der Waals surface area contributed by atoms with Crippen LogP contribution in [0.2, 0.25) is 0 Å². The normalized spacial score (nSPS) is 16.2. The molecule has 2 saturated heterocycles. The summed E-state index contributed by atoms with van der Waals surface area (Å²) in [5.41, 5.74) is 4.30. The van der Waals surface area contributed by atoms with Crippen molar-refractivity contribution in [2.24, 2.45) is 0 Å². The third-order valence-corrected chi connectivity index (χ3v) is 9.29. The van der Waals surface area contributed by atoms with E-state index in [0.29, 0.717) is 35.4 Å². The number of aryl methyl sites for hydroxylation is 1. The molecule has 0 bridgehead atoms. The first-order valence-electron chi connectivity index (χ1n) is 12.6. The molecular formula is C28H28N4O3S3. The number of carbonyl (C=O) groups is 3. The molecule has 2 aliphatic heterocycles. The van der Waals surface area contributed by atoms with E-state index in [1.54, 1.807) is 0 Å². The monoisotopic (exact) mass is 564 g/mol. The van der Waals surface area contributed by atoms with Gasteiger partial charge in [-0.1, -0.05) is 65.9 Å². The number of anilines is 1. The van der Waals surface area contributed by atoms with Crippen LogP contribution in [0.3, 0.4) is 0 Å². The summed E-state index contributed by atoms with van der Waals surface area (Å²) in [5.74, 6) is 0.379. The summed E-state index contributed by atoms with van der Waals surface area (Å²) in [6.07, 6.45) is 1.88. The van der Waals surface area contributed by atoms with E-state index in [1.807, 2.05) is 59.7 Å². The first kappa shape index (κ1) is 26.5. The number of thiazole rings is 1.